The van der Waals surface area contributed by atoms with Gasteiger partial charge in [0.15, 0.2) is 4.30 Å². The van der Waals surface area contributed by atoms with E-state index in [2.05, 4.69) is 0 Å². The lowest BCUT2D eigenvalue weighted by atomic mass is 11.8. The fraction of sp³-hybridized carbons (Fsp3) is 1.00. The van der Waals surface area contributed by atoms with Gasteiger partial charge in [0, 0.05) is 35.5 Å². The van der Waals surface area contributed by atoms with Gasteiger partial charge in [-0.3, -0.25) is 0 Å². The summed E-state index contributed by atoms with van der Waals surface area (Å²) in [6.07, 6.45) is 0. The number of hydrogen-bond donors (Lipinski definition) is 5. The minimum atomic E-state index is -0.750. The molecule has 0 spiro atoms. The van der Waals surface area contributed by atoms with Crippen molar-refractivity contribution in [1.29, 1.82) is 0 Å². The zero-order chi connectivity index (χ0) is 13.6. The number of aliphatic hydroxyl groups excluding tert-OH is 5. The van der Waals surface area contributed by atoms with Gasteiger partial charge in [-0.15, -0.1) is 0 Å². The first-order valence-corrected chi connectivity index (χ1v) is 4.20. The summed E-state index contributed by atoms with van der Waals surface area (Å²) in [7, 11) is 5.00. The van der Waals surface area contributed by atoms with Gasteiger partial charge in [0.25, 0.3) is 0 Å². The molecule has 0 saturated heterocycles. The summed E-state index contributed by atoms with van der Waals surface area (Å²) < 4.78 is -0.750. The van der Waals surface area contributed by atoms with Gasteiger partial charge >= 0.3 is 0 Å². The van der Waals surface area contributed by atoms with Gasteiger partial charge < -0.3 is 25.5 Å². The van der Waals surface area contributed by atoms with E-state index in [-0.39, 0.29) is 0 Å². The highest BCUT2D eigenvalue weighted by Gasteiger charge is 1.78. The number of alkyl halides is 3. The fourth-order valence-electron chi connectivity index (χ4n) is 0. The molecule has 0 fully saturated rings. The van der Waals surface area contributed by atoms with Crippen LogP contribution in [0.3, 0.4) is 0 Å². The van der Waals surface area contributed by atoms with E-state index < -0.39 is 4.30 Å². The smallest absolute Gasteiger partial charge is 0.180 e. The SMILES string of the molecule is CO.CO.CO.CO.CO.ClC(Cl)Cl. The lowest BCUT2D eigenvalue weighted by molar-refractivity contribution is 0.399. The topological polar surface area (TPSA) is 101 Å². The molecule has 5 N–H and O–H groups in total. The molecule has 0 aromatic carbocycles. The largest absolute Gasteiger partial charge is 0.400 e. The van der Waals surface area contributed by atoms with Crippen LogP contribution in [0.2, 0.25) is 0 Å². The third-order valence-corrected chi connectivity index (χ3v) is 0. The molecule has 8 heteroatoms. The molecule has 0 heterocycles. The summed E-state index contributed by atoms with van der Waals surface area (Å²) >= 11 is 14.4. The Labute approximate surface area is 100 Å². The Bertz CT molecular complexity index is 26.2. The van der Waals surface area contributed by atoms with Gasteiger partial charge in [-0.2, -0.15) is 0 Å². The van der Waals surface area contributed by atoms with Crippen molar-refractivity contribution in [3.63, 3.8) is 0 Å². The highest BCUT2D eigenvalue weighted by atomic mass is 35.6. The third-order valence-electron chi connectivity index (χ3n) is 0. The second-order valence-electron chi connectivity index (χ2n) is 0.247. The van der Waals surface area contributed by atoms with E-state index in [1.165, 1.54) is 0 Å². The van der Waals surface area contributed by atoms with Gasteiger partial charge in [-0.1, -0.05) is 34.8 Å². The quantitative estimate of drug-likeness (QED) is 0.403. The lowest BCUT2D eigenvalue weighted by Crippen LogP contribution is -1.55. The van der Waals surface area contributed by atoms with E-state index >= 15 is 0 Å². The first-order valence-electron chi connectivity index (χ1n) is 2.89. The highest BCUT2D eigenvalue weighted by Crippen LogP contribution is 2.03. The Morgan fingerprint density at radius 3 is 0.500 bits per heavy atom. The van der Waals surface area contributed by atoms with E-state index in [1.807, 2.05) is 0 Å². The number of halogens is 3. The Balaban J connectivity index is -0.0000000143. The molecule has 0 unspecified atom stereocenters. The number of aliphatic hydroxyl groups is 5. The van der Waals surface area contributed by atoms with Gasteiger partial charge in [-0.05, 0) is 0 Å². The fourth-order valence-corrected chi connectivity index (χ4v) is 0. The molecule has 0 bridgehead atoms. The lowest BCUT2D eigenvalue weighted by Gasteiger charge is -1.69. The van der Waals surface area contributed by atoms with Gasteiger partial charge in [0.1, 0.15) is 0 Å². The molecule has 0 atom stereocenters. The number of hydrogen-bond acceptors (Lipinski definition) is 5. The minimum Gasteiger partial charge on any atom is -0.400 e. The second kappa shape index (κ2) is 163. The Kier molecular flexibility index (Phi) is 424. The van der Waals surface area contributed by atoms with Crippen molar-refractivity contribution in [3.8, 4) is 0 Å². The van der Waals surface area contributed by atoms with Crippen molar-refractivity contribution in [2.24, 2.45) is 0 Å². The first kappa shape index (κ1) is 36.5. The second-order valence-corrected chi connectivity index (χ2v) is 2.23. The first-order chi connectivity index (χ1) is 6.73. The van der Waals surface area contributed by atoms with Crippen LogP contribution in [0.1, 0.15) is 0 Å². The summed E-state index contributed by atoms with van der Waals surface area (Å²) in [5.41, 5.74) is 0. The van der Waals surface area contributed by atoms with E-state index in [0.29, 0.717) is 0 Å². The zero-order valence-corrected chi connectivity index (χ0v) is 11.2. The maximum absolute atomic E-state index is 7.00. The standard InChI is InChI=1S/CHCl3.5CH4O/c2-1(3)4;5*1-2/h1H;5*2H,1H3. The molecular weight excluding hydrogens is 258 g/mol. The maximum atomic E-state index is 7.00. The van der Waals surface area contributed by atoms with Crippen molar-refractivity contribution in [2.45, 2.75) is 4.30 Å². The summed E-state index contributed by atoms with van der Waals surface area (Å²) in [4.78, 5) is 0. The van der Waals surface area contributed by atoms with Crippen LogP contribution >= 0.6 is 34.8 Å². The molecule has 0 aliphatic carbocycles. The van der Waals surface area contributed by atoms with Crippen LogP contribution in [0.5, 0.6) is 0 Å². The van der Waals surface area contributed by atoms with E-state index in [0.717, 1.165) is 35.5 Å². The summed E-state index contributed by atoms with van der Waals surface area (Å²) in [6.45, 7) is 0. The van der Waals surface area contributed by atoms with Crippen molar-refractivity contribution in [2.75, 3.05) is 35.5 Å². The van der Waals surface area contributed by atoms with Crippen LogP contribution in [0.15, 0.2) is 0 Å². The molecule has 96 valence electrons. The van der Waals surface area contributed by atoms with Crippen LogP contribution in [0, 0.1) is 0 Å². The molecular formula is C6H21Cl3O5. The van der Waals surface area contributed by atoms with Crippen LogP contribution < -0.4 is 0 Å². The van der Waals surface area contributed by atoms with Gasteiger partial charge in [0.05, 0.1) is 0 Å². The van der Waals surface area contributed by atoms with Crippen LogP contribution in [-0.4, -0.2) is 65.4 Å². The maximum Gasteiger partial charge on any atom is 0.180 e. The monoisotopic (exact) mass is 278 g/mol. The Hall–Kier alpha value is 0.670. The summed E-state index contributed by atoms with van der Waals surface area (Å²) in [6, 6.07) is 0. The Morgan fingerprint density at radius 1 is 0.500 bits per heavy atom. The van der Waals surface area contributed by atoms with E-state index in [9.17, 15) is 0 Å². The molecule has 14 heavy (non-hydrogen) atoms. The van der Waals surface area contributed by atoms with Crippen LogP contribution in [-0.2, 0) is 0 Å². The van der Waals surface area contributed by atoms with Crippen LogP contribution in [0.25, 0.3) is 0 Å². The normalized spacial score (nSPS) is 4.71. The molecule has 0 radical (unpaired) electrons. The predicted octanol–water partition coefficient (Wildman–Crippen LogP) is 0.0289. The molecule has 5 nitrogen and oxygen atoms in total. The summed E-state index contributed by atoms with van der Waals surface area (Å²) in [5.74, 6) is 0. The average molecular weight is 280 g/mol. The van der Waals surface area contributed by atoms with Crippen molar-refractivity contribution in [3.05, 3.63) is 0 Å². The van der Waals surface area contributed by atoms with Gasteiger partial charge in [-0.25, -0.2) is 0 Å². The molecule has 0 aromatic heterocycles. The average Bonchev–Trinajstić information content (AvgIpc) is 2.30. The van der Waals surface area contributed by atoms with Crippen molar-refractivity contribution < 1.29 is 25.5 Å². The van der Waals surface area contributed by atoms with E-state index in [1.54, 1.807) is 0 Å². The molecule has 0 rings (SSSR count). The highest BCUT2D eigenvalue weighted by molar-refractivity contribution is 6.63. The summed E-state index contributed by atoms with van der Waals surface area (Å²) in [5, 5.41) is 35.0. The third kappa shape index (κ3) is 3840. The molecule has 0 aliphatic heterocycles. The van der Waals surface area contributed by atoms with E-state index in [4.69, 9.17) is 60.3 Å². The molecule has 0 amide bonds. The zero-order valence-electron chi connectivity index (χ0n) is 8.95. The minimum absolute atomic E-state index is 0.750. The van der Waals surface area contributed by atoms with Crippen molar-refractivity contribution in [1.82, 2.24) is 0 Å². The van der Waals surface area contributed by atoms with Crippen molar-refractivity contribution >= 4 is 34.8 Å². The molecule has 0 aliphatic rings. The molecule has 0 aromatic rings. The predicted molar refractivity (Wildman–Crippen MR) is 62.1 cm³/mol. The molecule has 0 saturated carbocycles. The van der Waals surface area contributed by atoms with Gasteiger partial charge in [0.2, 0.25) is 0 Å². The van der Waals surface area contributed by atoms with Crippen LogP contribution in [0.4, 0.5) is 0 Å². The Morgan fingerprint density at radius 2 is 0.500 bits per heavy atom. The number of rotatable bonds is 0.